The number of methoxy groups -OCH3 is 1. The van der Waals surface area contributed by atoms with Gasteiger partial charge < -0.3 is 4.74 Å². The van der Waals surface area contributed by atoms with Gasteiger partial charge in [-0.05, 0) is 29.2 Å². The first-order valence-corrected chi connectivity index (χ1v) is 9.58. The Bertz CT molecular complexity index is 1120. The van der Waals surface area contributed by atoms with Gasteiger partial charge in [0.15, 0.2) is 13.1 Å². The number of sulfonamides is 1. The van der Waals surface area contributed by atoms with Crippen molar-refractivity contribution in [1.82, 2.24) is 4.72 Å². The Morgan fingerprint density at radius 3 is 2.54 bits per heavy atom. The van der Waals surface area contributed by atoms with Crippen LogP contribution in [0.4, 0.5) is 9.18 Å². The summed E-state index contributed by atoms with van der Waals surface area (Å²) in [5, 5.41) is 0. The van der Waals surface area contributed by atoms with Crippen LogP contribution in [-0.4, -0.2) is 34.7 Å². The van der Waals surface area contributed by atoms with E-state index in [9.17, 15) is 22.4 Å². The molecule has 0 unspecified atom stereocenters. The molecule has 2 aromatic rings. The third-order valence-electron chi connectivity index (χ3n) is 4.03. The van der Waals surface area contributed by atoms with Gasteiger partial charge in [0.2, 0.25) is 0 Å². The van der Waals surface area contributed by atoms with Crippen molar-refractivity contribution in [2.45, 2.75) is 4.90 Å². The second kappa shape index (κ2) is 7.81. The number of allylic oxidation sites excluding steroid dienone is 3. The van der Waals surface area contributed by atoms with Crippen LogP contribution < -0.4 is 4.72 Å². The van der Waals surface area contributed by atoms with Gasteiger partial charge in [-0.2, -0.15) is 0 Å². The number of hydrogen-bond acceptors (Lipinski definition) is 5. The molecular formula is C19H14BFNO5S. The molecule has 0 saturated carbocycles. The molecule has 141 valence electrons. The first-order chi connectivity index (χ1) is 13.3. The van der Waals surface area contributed by atoms with E-state index in [2.05, 4.69) is 4.74 Å². The van der Waals surface area contributed by atoms with Crippen LogP contribution >= 0.6 is 0 Å². The van der Waals surface area contributed by atoms with Gasteiger partial charge in [0.1, 0.15) is 5.82 Å². The van der Waals surface area contributed by atoms with Crippen LogP contribution in [0.2, 0.25) is 0 Å². The molecule has 9 heteroatoms. The standard InChI is InChI=1S/C19H14BFNO5S/c1-27-19(24)22-28(25,26)17-7-3-2-5-13(17)12-8-9-14(16(21)11-12)18(23)15-6-4-10-20-15/h2-11H,1H3,(H,22,24). The number of ether oxygens (including phenoxy) is 1. The first-order valence-electron chi connectivity index (χ1n) is 8.09. The zero-order chi connectivity index (χ0) is 20.3. The number of benzene rings is 2. The number of ketones is 1. The van der Waals surface area contributed by atoms with E-state index in [1.807, 2.05) is 0 Å². The van der Waals surface area contributed by atoms with E-state index in [-0.39, 0.29) is 21.6 Å². The summed E-state index contributed by atoms with van der Waals surface area (Å²) >= 11 is 0. The molecule has 0 aliphatic carbocycles. The molecule has 0 atom stereocenters. The van der Waals surface area contributed by atoms with Crippen LogP contribution in [0.25, 0.3) is 11.1 Å². The maximum atomic E-state index is 14.6. The number of amides is 1. The van der Waals surface area contributed by atoms with Gasteiger partial charge in [-0.3, -0.25) is 4.79 Å². The van der Waals surface area contributed by atoms with Gasteiger partial charge in [-0.25, -0.2) is 22.3 Å². The molecule has 1 heterocycles. The number of hydrogen-bond donors (Lipinski definition) is 1. The van der Waals surface area contributed by atoms with Crippen LogP contribution in [-0.2, 0) is 14.8 Å². The Hall–Kier alpha value is -3.20. The van der Waals surface area contributed by atoms with Crippen molar-refractivity contribution < 1.29 is 27.1 Å². The predicted molar refractivity (Wildman–Crippen MR) is 102 cm³/mol. The van der Waals surface area contributed by atoms with Gasteiger partial charge in [-0.15, -0.1) is 5.98 Å². The summed E-state index contributed by atoms with van der Waals surface area (Å²) < 4.78 is 45.6. The maximum absolute atomic E-state index is 14.6. The highest BCUT2D eigenvalue weighted by molar-refractivity contribution is 7.90. The summed E-state index contributed by atoms with van der Waals surface area (Å²) in [5.74, 6) is 0.425. The third kappa shape index (κ3) is 3.89. The lowest BCUT2D eigenvalue weighted by atomic mass is 9.70. The van der Waals surface area contributed by atoms with E-state index < -0.39 is 27.7 Å². The van der Waals surface area contributed by atoms with Crippen molar-refractivity contribution in [1.29, 1.82) is 0 Å². The van der Waals surface area contributed by atoms with Crippen molar-refractivity contribution in [3.63, 3.8) is 0 Å². The quantitative estimate of drug-likeness (QED) is 0.618. The summed E-state index contributed by atoms with van der Waals surface area (Å²) in [6, 6.07) is 9.64. The normalized spacial score (nSPS) is 12.9. The molecule has 0 saturated heterocycles. The minimum atomic E-state index is -4.24. The highest BCUT2D eigenvalue weighted by Crippen LogP contribution is 2.29. The number of carbonyl (C=O) groups is 2. The molecular weight excluding hydrogens is 384 g/mol. The van der Waals surface area contributed by atoms with Gasteiger partial charge in [0.05, 0.1) is 17.6 Å². The second-order valence-electron chi connectivity index (χ2n) is 5.79. The van der Waals surface area contributed by atoms with Crippen LogP contribution in [0, 0.1) is 5.82 Å². The minimum absolute atomic E-state index is 0.122. The summed E-state index contributed by atoms with van der Waals surface area (Å²) in [6.45, 7) is 0. The van der Waals surface area contributed by atoms with Crippen molar-refractivity contribution in [2.24, 2.45) is 0 Å². The molecule has 1 amide bonds. The number of nitrogens with one attached hydrogen (secondary N) is 1. The molecule has 3 rings (SSSR count). The van der Waals surface area contributed by atoms with Crippen molar-refractivity contribution >= 4 is 29.2 Å². The fourth-order valence-corrected chi connectivity index (χ4v) is 3.84. The van der Waals surface area contributed by atoms with Gasteiger partial charge in [0.25, 0.3) is 10.0 Å². The largest absolute Gasteiger partial charge is 0.452 e. The molecule has 2 aromatic carbocycles. The van der Waals surface area contributed by atoms with Crippen molar-refractivity contribution in [3.8, 4) is 11.1 Å². The lowest BCUT2D eigenvalue weighted by Gasteiger charge is -2.12. The summed E-state index contributed by atoms with van der Waals surface area (Å²) in [7, 11) is -1.62. The zero-order valence-corrected chi connectivity index (χ0v) is 15.5. The summed E-state index contributed by atoms with van der Waals surface area (Å²) in [5.41, 5.74) is 0.646. The number of halogens is 1. The smallest absolute Gasteiger partial charge is 0.420 e. The van der Waals surface area contributed by atoms with Crippen LogP contribution in [0.3, 0.4) is 0 Å². The molecule has 0 aromatic heterocycles. The maximum Gasteiger partial charge on any atom is 0.420 e. The Balaban J connectivity index is 2.00. The highest BCUT2D eigenvalue weighted by atomic mass is 32.2. The molecule has 1 aliphatic heterocycles. The zero-order valence-electron chi connectivity index (χ0n) is 14.7. The Morgan fingerprint density at radius 1 is 1.14 bits per heavy atom. The van der Waals surface area contributed by atoms with Gasteiger partial charge in [0, 0.05) is 5.56 Å². The summed E-state index contributed by atoms with van der Waals surface area (Å²) in [4.78, 5) is 23.5. The Kier molecular flexibility index (Phi) is 5.46. The van der Waals surface area contributed by atoms with E-state index in [4.69, 9.17) is 0 Å². The topological polar surface area (TPSA) is 89.5 Å². The van der Waals surface area contributed by atoms with Gasteiger partial charge in [-0.1, -0.05) is 36.4 Å². The molecule has 0 spiro atoms. The fraction of sp³-hybridized carbons (Fsp3) is 0.0526. The number of carbonyl (C=O) groups excluding carboxylic acids is 2. The molecule has 1 aliphatic rings. The van der Waals surface area contributed by atoms with E-state index in [1.54, 1.807) is 36.2 Å². The second-order valence-corrected chi connectivity index (χ2v) is 7.44. The Labute approximate surface area is 162 Å². The first kappa shape index (κ1) is 19.6. The summed E-state index contributed by atoms with van der Waals surface area (Å²) in [6.07, 6.45) is 2.11. The predicted octanol–water partition coefficient (Wildman–Crippen LogP) is 2.84. The molecule has 0 fully saturated rings. The molecule has 1 N–H and O–H groups in total. The number of Topliss-reactive ketones (excluding diaryl/α,β-unsaturated/α-hetero) is 1. The average Bonchev–Trinajstić information content (AvgIpc) is 3.22. The van der Waals surface area contributed by atoms with E-state index in [0.717, 1.165) is 13.2 Å². The van der Waals surface area contributed by atoms with Crippen LogP contribution in [0.1, 0.15) is 10.4 Å². The molecule has 28 heavy (non-hydrogen) atoms. The third-order valence-corrected chi connectivity index (χ3v) is 5.40. The van der Waals surface area contributed by atoms with E-state index in [1.165, 1.54) is 30.3 Å². The average molecular weight is 398 g/mol. The van der Waals surface area contributed by atoms with E-state index in [0.29, 0.717) is 5.47 Å². The Morgan fingerprint density at radius 2 is 1.89 bits per heavy atom. The molecule has 6 nitrogen and oxygen atoms in total. The lowest BCUT2D eigenvalue weighted by Crippen LogP contribution is -2.30. The monoisotopic (exact) mass is 398 g/mol. The number of rotatable bonds is 5. The minimum Gasteiger partial charge on any atom is -0.452 e. The van der Waals surface area contributed by atoms with E-state index >= 15 is 0 Å². The van der Waals surface area contributed by atoms with Crippen LogP contribution in [0.15, 0.2) is 71.0 Å². The lowest BCUT2D eigenvalue weighted by molar-refractivity contribution is 0.103. The van der Waals surface area contributed by atoms with Crippen molar-refractivity contribution in [3.05, 3.63) is 77.4 Å². The SMILES string of the molecule is COC(=O)NS(=O)(=O)c1ccccc1-c1ccc(C(=O)C2=CC=C[B]2)c(F)c1. The fourth-order valence-electron chi connectivity index (χ4n) is 2.69. The van der Waals surface area contributed by atoms with Crippen molar-refractivity contribution in [2.75, 3.05) is 7.11 Å². The van der Waals surface area contributed by atoms with Gasteiger partial charge >= 0.3 is 6.09 Å². The molecule has 0 bridgehead atoms. The highest BCUT2D eigenvalue weighted by Gasteiger charge is 2.23. The van der Waals surface area contributed by atoms with Crippen LogP contribution in [0.5, 0.6) is 0 Å². The molecule has 1 radical (unpaired) electrons.